The van der Waals surface area contributed by atoms with Crippen molar-refractivity contribution < 1.29 is 9.72 Å². The van der Waals surface area contributed by atoms with Crippen LogP contribution < -0.4 is 5.32 Å². The molecule has 0 aliphatic carbocycles. The van der Waals surface area contributed by atoms with Gasteiger partial charge in [0.05, 0.1) is 4.92 Å². The van der Waals surface area contributed by atoms with Gasteiger partial charge in [0.2, 0.25) is 0 Å². The number of para-hydroxylation sites is 1. The maximum Gasteiger partial charge on any atom is 0.270 e. The second kappa shape index (κ2) is 7.20. The number of nitro groups is 1. The number of anilines is 1. The van der Waals surface area contributed by atoms with Gasteiger partial charge in [-0.25, -0.2) is 0 Å². The number of nitrogens with one attached hydrogen (secondary N) is 1. The lowest BCUT2D eigenvalue weighted by Crippen LogP contribution is -2.15. The molecule has 0 aliphatic heterocycles. The predicted octanol–water partition coefficient (Wildman–Crippen LogP) is 3.76. The number of amides is 1. The van der Waals surface area contributed by atoms with Gasteiger partial charge in [-0.2, -0.15) is 5.26 Å². The molecule has 6 nitrogen and oxygen atoms in total. The number of nitrogens with zero attached hydrogens (tertiary/aromatic N) is 2. The Kier molecular flexibility index (Phi) is 5.07. The summed E-state index contributed by atoms with van der Waals surface area (Å²) in [7, 11) is 0. The van der Waals surface area contributed by atoms with Crippen molar-refractivity contribution in [2.75, 3.05) is 5.32 Å². The van der Waals surface area contributed by atoms with Gasteiger partial charge in [0.15, 0.2) is 0 Å². The molecule has 6 heteroatoms. The Bertz CT molecular complexity index is 859. The summed E-state index contributed by atoms with van der Waals surface area (Å²) < 4.78 is 0. The minimum atomic E-state index is -0.554. The number of carbonyl (C=O) groups is 1. The SMILES string of the molecule is Cc1cccc(C)c1NC(=O)/C(C#N)=C\c1cccc([N+](=O)[O-])c1. The molecule has 0 atom stereocenters. The van der Waals surface area contributed by atoms with Gasteiger partial charge in [-0.1, -0.05) is 30.3 Å². The van der Waals surface area contributed by atoms with Crippen LogP contribution in [-0.2, 0) is 4.79 Å². The van der Waals surface area contributed by atoms with Gasteiger partial charge in [-0.15, -0.1) is 0 Å². The van der Waals surface area contributed by atoms with Crippen LogP contribution in [-0.4, -0.2) is 10.8 Å². The fourth-order valence-corrected chi connectivity index (χ4v) is 2.24. The third-order valence-corrected chi connectivity index (χ3v) is 3.48. The first-order valence-corrected chi connectivity index (χ1v) is 7.16. The molecule has 24 heavy (non-hydrogen) atoms. The zero-order valence-corrected chi connectivity index (χ0v) is 13.2. The van der Waals surface area contributed by atoms with Crippen LogP contribution in [0.5, 0.6) is 0 Å². The zero-order chi connectivity index (χ0) is 17.7. The molecular formula is C18H15N3O3. The molecule has 120 valence electrons. The summed E-state index contributed by atoms with van der Waals surface area (Å²) in [6.45, 7) is 3.72. The Morgan fingerprint density at radius 2 is 1.83 bits per heavy atom. The standard InChI is InChI=1S/C18H15N3O3/c1-12-5-3-6-13(2)17(12)20-18(22)15(11-19)9-14-7-4-8-16(10-14)21(23)24/h3-10H,1-2H3,(H,20,22)/b15-9-. The topological polar surface area (TPSA) is 96.0 Å². The van der Waals surface area contributed by atoms with E-state index in [0.717, 1.165) is 11.1 Å². The Labute approximate surface area is 139 Å². The molecule has 0 saturated carbocycles. The Hall–Kier alpha value is -3.46. The molecule has 2 aromatic rings. The monoisotopic (exact) mass is 321 g/mol. The van der Waals surface area contributed by atoms with Crippen molar-refractivity contribution in [3.05, 3.63) is 74.8 Å². The van der Waals surface area contributed by atoms with Crippen LogP contribution in [0.3, 0.4) is 0 Å². The maximum atomic E-state index is 12.3. The van der Waals surface area contributed by atoms with Crippen LogP contribution in [0.25, 0.3) is 6.08 Å². The van der Waals surface area contributed by atoms with Crippen LogP contribution >= 0.6 is 0 Å². The van der Waals surface area contributed by atoms with Gasteiger partial charge in [-0.3, -0.25) is 14.9 Å². The fourth-order valence-electron chi connectivity index (χ4n) is 2.24. The molecule has 0 saturated heterocycles. The Morgan fingerprint density at radius 3 is 2.42 bits per heavy atom. The van der Waals surface area contributed by atoms with Crippen molar-refractivity contribution in [1.29, 1.82) is 5.26 Å². The van der Waals surface area contributed by atoms with Gasteiger partial charge in [0.1, 0.15) is 11.6 Å². The average molecular weight is 321 g/mol. The van der Waals surface area contributed by atoms with E-state index < -0.39 is 10.8 Å². The second-order valence-electron chi connectivity index (χ2n) is 5.24. The normalized spacial score (nSPS) is 10.8. The van der Waals surface area contributed by atoms with Crippen molar-refractivity contribution in [2.45, 2.75) is 13.8 Å². The molecule has 2 rings (SSSR count). The quantitative estimate of drug-likeness (QED) is 0.401. The summed E-state index contributed by atoms with van der Waals surface area (Å²) in [6, 6.07) is 13.2. The molecule has 0 bridgehead atoms. The van der Waals surface area contributed by atoms with Crippen molar-refractivity contribution in [2.24, 2.45) is 0 Å². The van der Waals surface area contributed by atoms with Crippen LogP contribution in [0.1, 0.15) is 16.7 Å². The van der Waals surface area contributed by atoms with Crippen molar-refractivity contribution >= 4 is 23.4 Å². The number of non-ortho nitro benzene ring substituents is 1. The molecule has 0 radical (unpaired) electrons. The van der Waals surface area contributed by atoms with E-state index in [4.69, 9.17) is 0 Å². The van der Waals surface area contributed by atoms with Gasteiger partial charge in [-0.05, 0) is 36.6 Å². The van der Waals surface area contributed by atoms with Gasteiger partial charge < -0.3 is 5.32 Å². The minimum Gasteiger partial charge on any atom is -0.321 e. The van der Waals surface area contributed by atoms with Crippen LogP contribution in [0.2, 0.25) is 0 Å². The summed E-state index contributed by atoms with van der Waals surface area (Å²) in [4.78, 5) is 22.6. The summed E-state index contributed by atoms with van der Waals surface area (Å²) in [6.07, 6.45) is 1.33. The van der Waals surface area contributed by atoms with Crippen LogP contribution in [0.4, 0.5) is 11.4 Å². The van der Waals surface area contributed by atoms with E-state index in [1.54, 1.807) is 6.07 Å². The third kappa shape index (κ3) is 3.84. The molecule has 0 fully saturated rings. The maximum absolute atomic E-state index is 12.3. The highest BCUT2D eigenvalue weighted by Crippen LogP contribution is 2.21. The highest BCUT2D eigenvalue weighted by Gasteiger charge is 2.13. The van der Waals surface area contributed by atoms with E-state index in [2.05, 4.69) is 5.32 Å². The third-order valence-electron chi connectivity index (χ3n) is 3.48. The molecular weight excluding hydrogens is 306 g/mol. The first-order valence-electron chi connectivity index (χ1n) is 7.16. The van der Waals surface area contributed by atoms with Crippen LogP contribution in [0, 0.1) is 35.3 Å². The van der Waals surface area contributed by atoms with Gasteiger partial charge in [0.25, 0.3) is 11.6 Å². The number of nitro benzene ring substituents is 1. The number of aryl methyl sites for hydroxylation is 2. The Morgan fingerprint density at radius 1 is 1.21 bits per heavy atom. The molecule has 1 N–H and O–H groups in total. The second-order valence-corrected chi connectivity index (χ2v) is 5.24. The number of nitriles is 1. The molecule has 0 spiro atoms. The van der Waals surface area contributed by atoms with Crippen molar-refractivity contribution in [3.8, 4) is 6.07 Å². The lowest BCUT2D eigenvalue weighted by Gasteiger charge is -2.10. The fraction of sp³-hybridized carbons (Fsp3) is 0.111. The minimum absolute atomic E-state index is 0.101. The zero-order valence-electron chi connectivity index (χ0n) is 13.2. The van der Waals surface area contributed by atoms with E-state index in [1.165, 1.54) is 24.3 Å². The molecule has 1 amide bonds. The van der Waals surface area contributed by atoms with E-state index in [9.17, 15) is 20.2 Å². The summed E-state index contributed by atoms with van der Waals surface area (Å²) in [5, 5.41) is 22.8. The largest absolute Gasteiger partial charge is 0.321 e. The summed E-state index contributed by atoms with van der Waals surface area (Å²) in [5.74, 6) is -0.554. The number of carbonyl (C=O) groups excluding carboxylic acids is 1. The van der Waals surface area contributed by atoms with E-state index in [0.29, 0.717) is 11.3 Å². The summed E-state index contributed by atoms with van der Waals surface area (Å²) >= 11 is 0. The Balaban J connectivity index is 2.31. The van der Waals surface area contributed by atoms with E-state index in [-0.39, 0.29) is 11.3 Å². The molecule has 0 unspecified atom stereocenters. The van der Waals surface area contributed by atoms with E-state index >= 15 is 0 Å². The van der Waals surface area contributed by atoms with Crippen molar-refractivity contribution in [1.82, 2.24) is 0 Å². The smallest absolute Gasteiger partial charge is 0.270 e. The average Bonchev–Trinajstić information content (AvgIpc) is 2.56. The predicted molar refractivity (Wildman–Crippen MR) is 91.2 cm³/mol. The van der Waals surface area contributed by atoms with Gasteiger partial charge in [0, 0.05) is 17.8 Å². The lowest BCUT2D eigenvalue weighted by molar-refractivity contribution is -0.384. The number of hydrogen-bond donors (Lipinski definition) is 1. The lowest BCUT2D eigenvalue weighted by atomic mass is 10.1. The summed E-state index contributed by atoms with van der Waals surface area (Å²) in [5.41, 5.74) is 2.61. The van der Waals surface area contributed by atoms with Gasteiger partial charge >= 0.3 is 0 Å². The highest BCUT2D eigenvalue weighted by atomic mass is 16.6. The molecule has 0 aliphatic rings. The number of benzene rings is 2. The first kappa shape index (κ1) is 16.9. The first-order chi connectivity index (χ1) is 11.4. The molecule has 0 heterocycles. The number of rotatable bonds is 4. The molecule has 2 aromatic carbocycles. The number of hydrogen-bond acceptors (Lipinski definition) is 4. The van der Waals surface area contributed by atoms with Crippen molar-refractivity contribution in [3.63, 3.8) is 0 Å². The van der Waals surface area contributed by atoms with Crippen LogP contribution in [0.15, 0.2) is 48.0 Å². The van der Waals surface area contributed by atoms with E-state index in [1.807, 2.05) is 38.1 Å². The highest BCUT2D eigenvalue weighted by molar-refractivity contribution is 6.10. The molecule has 0 aromatic heterocycles.